The van der Waals surface area contributed by atoms with Gasteiger partial charge in [0.2, 0.25) is 11.2 Å². The standard InChI is InChI=1S/C22H23Cl2N5O2/c1-22(2,3)20(31)26-11-12-5-8-16(23)15(9-12)19(30)27-13-6-7-14-17(10-13)28-21(24)29-18(14)25-4/h5-10H,11H2,1-4H3,(H,26,31)(H,27,30)(H,25,28,29). The van der Waals surface area contributed by atoms with Crippen molar-refractivity contribution in [1.29, 1.82) is 0 Å². The Hall–Kier alpha value is -2.90. The highest BCUT2D eigenvalue weighted by Crippen LogP contribution is 2.26. The molecule has 0 aliphatic rings. The SMILES string of the molecule is CNc1nc(Cl)nc2cc(NC(=O)c3cc(CNC(=O)C(C)(C)C)ccc3Cl)ccc12. The van der Waals surface area contributed by atoms with E-state index >= 15 is 0 Å². The van der Waals surface area contributed by atoms with Crippen LogP contribution in [0.15, 0.2) is 36.4 Å². The molecule has 0 unspecified atom stereocenters. The van der Waals surface area contributed by atoms with Crippen LogP contribution in [0, 0.1) is 5.41 Å². The molecular formula is C22H23Cl2N5O2. The molecule has 0 aliphatic carbocycles. The van der Waals surface area contributed by atoms with Crippen molar-refractivity contribution in [3.8, 4) is 0 Å². The zero-order valence-electron chi connectivity index (χ0n) is 17.6. The predicted octanol–water partition coefficient (Wildman–Crippen LogP) is 4.89. The van der Waals surface area contributed by atoms with Gasteiger partial charge in [-0.15, -0.1) is 0 Å². The first kappa shape index (κ1) is 22.8. The van der Waals surface area contributed by atoms with E-state index in [1.807, 2.05) is 20.8 Å². The first-order valence-electron chi connectivity index (χ1n) is 9.61. The quantitative estimate of drug-likeness (QED) is 0.471. The van der Waals surface area contributed by atoms with Crippen LogP contribution >= 0.6 is 23.2 Å². The molecule has 0 saturated carbocycles. The molecule has 162 valence electrons. The van der Waals surface area contributed by atoms with Crippen LogP contribution in [-0.4, -0.2) is 28.8 Å². The molecule has 31 heavy (non-hydrogen) atoms. The summed E-state index contributed by atoms with van der Waals surface area (Å²) in [5.41, 5.74) is 1.70. The van der Waals surface area contributed by atoms with Gasteiger partial charge >= 0.3 is 0 Å². The molecule has 7 nitrogen and oxygen atoms in total. The number of halogens is 2. The molecule has 0 fully saturated rings. The number of carbonyl (C=O) groups is 2. The van der Waals surface area contributed by atoms with Crippen molar-refractivity contribution in [2.24, 2.45) is 5.41 Å². The van der Waals surface area contributed by atoms with Crippen LogP contribution in [0.2, 0.25) is 10.3 Å². The van der Waals surface area contributed by atoms with Crippen LogP contribution in [0.1, 0.15) is 36.7 Å². The van der Waals surface area contributed by atoms with Gasteiger partial charge in [-0.05, 0) is 47.5 Å². The highest BCUT2D eigenvalue weighted by atomic mass is 35.5. The first-order valence-corrected chi connectivity index (χ1v) is 10.4. The monoisotopic (exact) mass is 459 g/mol. The van der Waals surface area contributed by atoms with Crippen molar-refractivity contribution in [1.82, 2.24) is 15.3 Å². The van der Waals surface area contributed by atoms with E-state index in [2.05, 4.69) is 25.9 Å². The Bertz CT molecular complexity index is 1160. The minimum absolute atomic E-state index is 0.0776. The molecule has 2 amide bonds. The van der Waals surface area contributed by atoms with Crippen LogP contribution in [0.5, 0.6) is 0 Å². The summed E-state index contributed by atoms with van der Waals surface area (Å²) in [4.78, 5) is 33.3. The second-order valence-corrected chi connectivity index (χ2v) is 8.77. The zero-order valence-corrected chi connectivity index (χ0v) is 19.1. The molecule has 0 bridgehead atoms. The fraction of sp³-hybridized carbons (Fsp3) is 0.273. The van der Waals surface area contributed by atoms with E-state index in [0.29, 0.717) is 34.2 Å². The number of benzene rings is 2. The van der Waals surface area contributed by atoms with E-state index < -0.39 is 5.41 Å². The molecule has 9 heteroatoms. The van der Waals surface area contributed by atoms with Gasteiger partial charge in [0.05, 0.1) is 16.1 Å². The largest absolute Gasteiger partial charge is 0.372 e. The van der Waals surface area contributed by atoms with Crippen LogP contribution < -0.4 is 16.0 Å². The Morgan fingerprint density at radius 1 is 1.03 bits per heavy atom. The summed E-state index contributed by atoms with van der Waals surface area (Å²) in [5.74, 6) is 0.148. The van der Waals surface area contributed by atoms with Gasteiger partial charge in [0.1, 0.15) is 5.82 Å². The number of nitrogens with zero attached hydrogens (tertiary/aromatic N) is 2. The summed E-state index contributed by atoms with van der Waals surface area (Å²) in [5, 5.41) is 9.86. The van der Waals surface area contributed by atoms with Crippen LogP contribution in [-0.2, 0) is 11.3 Å². The topological polar surface area (TPSA) is 96.0 Å². The summed E-state index contributed by atoms with van der Waals surface area (Å²) < 4.78 is 0. The molecular weight excluding hydrogens is 437 g/mol. The number of fused-ring (bicyclic) bond motifs is 1. The second kappa shape index (κ2) is 9.08. The fourth-order valence-corrected chi connectivity index (χ4v) is 3.25. The van der Waals surface area contributed by atoms with Gasteiger partial charge in [0.15, 0.2) is 0 Å². The summed E-state index contributed by atoms with van der Waals surface area (Å²) in [6, 6.07) is 10.3. The van der Waals surface area contributed by atoms with E-state index in [9.17, 15) is 9.59 Å². The number of hydrogen-bond donors (Lipinski definition) is 3. The molecule has 2 aromatic carbocycles. The van der Waals surface area contributed by atoms with Gasteiger partial charge in [-0.1, -0.05) is 38.4 Å². The Balaban J connectivity index is 1.81. The maximum atomic E-state index is 12.9. The summed E-state index contributed by atoms with van der Waals surface area (Å²) in [7, 11) is 1.74. The second-order valence-electron chi connectivity index (χ2n) is 8.02. The number of anilines is 2. The number of rotatable bonds is 5. The average Bonchev–Trinajstić information content (AvgIpc) is 2.71. The Morgan fingerprint density at radius 3 is 2.45 bits per heavy atom. The maximum absolute atomic E-state index is 12.9. The Labute approximate surface area is 190 Å². The number of nitrogens with one attached hydrogen (secondary N) is 3. The highest BCUT2D eigenvalue weighted by molar-refractivity contribution is 6.34. The summed E-state index contributed by atoms with van der Waals surface area (Å²) in [6.07, 6.45) is 0. The smallest absolute Gasteiger partial charge is 0.257 e. The lowest BCUT2D eigenvalue weighted by Crippen LogP contribution is -2.34. The lowest BCUT2D eigenvalue weighted by atomic mass is 9.95. The summed E-state index contributed by atoms with van der Waals surface area (Å²) in [6.45, 7) is 5.81. The fourth-order valence-electron chi connectivity index (χ4n) is 2.87. The van der Waals surface area contributed by atoms with E-state index in [4.69, 9.17) is 23.2 Å². The van der Waals surface area contributed by atoms with Crippen molar-refractivity contribution < 1.29 is 9.59 Å². The maximum Gasteiger partial charge on any atom is 0.257 e. The zero-order chi connectivity index (χ0) is 22.8. The number of carbonyl (C=O) groups excluding carboxylic acids is 2. The van der Waals surface area contributed by atoms with Crippen LogP contribution in [0.25, 0.3) is 10.9 Å². The molecule has 0 radical (unpaired) electrons. The highest BCUT2D eigenvalue weighted by Gasteiger charge is 2.21. The van der Waals surface area contributed by atoms with E-state index in [1.165, 1.54) is 0 Å². The molecule has 3 rings (SSSR count). The first-order chi connectivity index (χ1) is 14.6. The lowest BCUT2D eigenvalue weighted by Gasteiger charge is -2.18. The molecule has 0 aliphatic heterocycles. The molecule has 3 N–H and O–H groups in total. The van der Waals surface area contributed by atoms with Crippen molar-refractivity contribution in [2.45, 2.75) is 27.3 Å². The molecule has 3 aromatic rings. The van der Waals surface area contributed by atoms with E-state index in [-0.39, 0.29) is 17.1 Å². The Morgan fingerprint density at radius 2 is 1.77 bits per heavy atom. The van der Waals surface area contributed by atoms with Gasteiger partial charge in [0, 0.05) is 30.1 Å². The third-order valence-corrected chi connectivity index (χ3v) is 5.07. The molecule has 0 spiro atoms. The molecule has 1 aromatic heterocycles. The van der Waals surface area contributed by atoms with Crippen molar-refractivity contribution >= 4 is 57.4 Å². The third kappa shape index (κ3) is 5.42. The normalized spacial score (nSPS) is 11.3. The van der Waals surface area contributed by atoms with Gasteiger partial charge < -0.3 is 16.0 Å². The van der Waals surface area contributed by atoms with Crippen molar-refractivity contribution in [3.63, 3.8) is 0 Å². The van der Waals surface area contributed by atoms with Gasteiger partial charge in [-0.25, -0.2) is 9.97 Å². The van der Waals surface area contributed by atoms with E-state index in [0.717, 1.165) is 10.9 Å². The lowest BCUT2D eigenvalue weighted by molar-refractivity contribution is -0.128. The number of amides is 2. The van der Waals surface area contributed by atoms with Crippen LogP contribution in [0.4, 0.5) is 11.5 Å². The van der Waals surface area contributed by atoms with Gasteiger partial charge in [-0.3, -0.25) is 9.59 Å². The van der Waals surface area contributed by atoms with E-state index in [1.54, 1.807) is 43.4 Å². The van der Waals surface area contributed by atoms with Crippen LogP contribution in [0.3, 0.4) is 0 Å². The van der Waals surface area contributed by atoms with Gasteiger partial charge in [0.25, 0.3) is 5.91 Å². The van der Waals surface area contributed by atoms with Gasteiger partial charge in [-0.2, -0.15) is 0 Å². The Kier molecular flexibility index (Phi) is 6.67. The number of hydrogen-bond acceptors (Lipinski definition) is 5. The average molecular weight is 460 g/mol. The molecule has 1 heterocycles. The summed E-state index contributed by atoms with van der Waals surface area (Å²) >= 11 is 12.2. The molecule has 0 saturated heterocycles. The predicted molar refractivity (Wildman–Crippen MR) is 125 cm³/mol. The third-order valence-electron chi connectivity index (χ3n) is 4.57. The minimum Gasteiger partial charge on any atom is -0.372 e. The molecule has 0 atom stereocenters. The van der Waals surface area contributed by atoms with Crippen molar-refractivity contribution in [3.05, 3.63) is 57.8 Å². The van der Waals surface area contributed by atoms with Crippen molar-refractivity contribution in [2.75, 3.05) is 17.7 Å². The minimum atomic E-state index is -0.498. The number of aromatic nitrogens is 2.